The number of hydrogen-bond donors (Lipinski definition) is 2. The van der Waals surface area contributed by atoms with Gasteiger partial charge in [0.25, 0.3) is 0 Å². The average molecular weight is 394 g/mol. The van der Waals surface area contributed by atoms with Crippen LogP contribution in [-0.2, 0) is 16.1 Å². The number of rotatable bonds is 6. The lowest BCUT2D eigenvalue weighted by Gasteiger charge is -2.06. The molecule has 136 valence electrons. The fraction of sp³-hybridized carbons (Fsp3) is 0.167. The zero-order chi connectivity index (χ0) is 18.9. The minimum atomic E-state index is -0.878. The van der Waals surface area contributed by atoms with E-state index in [0.29, 0.717) is 22.2 Å². The third kappa shape index (κ3) is 6.06. The molecule has 0 aromatic heterocycles. The number of carbonyl (C=O) groups is 2. The number of halogens is 2. The Morgan fingerprint density at radius 3 is 2.50 bits per heavy atom. The van der Waals surface area contributed by atoms with Gasteiger partial charge in [-0.3, -0.25) is 9.59 Å². The van der Waals surface area contributed by atoms with Crippen LogP contribution in [-0.4, -0.2) is 24.6 Å². The van der Waals surface area contributed by atoms with Gasteiger partial charge in [-0.15, -0.1) is 0 Å². The highest BCUT2D eigenvalue weighted by atomic mass is 35.5. The van der Waals surface area contributed by atoms with E-state index in [9.17, 15) is 9.59 Å². The van der Waals surface area contributed by atoms with Crippen LogP contribution in [0.5, 0.6) is 5.75 Å². The Bertz CT molecular complexity index is 808. The number of amides is 2. The summed E-state index contributed by atoms with van der Waals surface area (Å²) in [6.45, 7) is 2.58. The Labute approximate surface area is 161 Å². The summed E-state index contributed by atoms with van der Waals surface area (Å²) in [5.74, 6) is -0.953. The number of hydrogen-bond acceptors (Lipinski definition) is 4. The number of hydrazone groups is 1. The van der Waals surface area contributed by atoms with Crippen LogP contribution in [0.15, 0.2) is 47.6 Å². The Hall–Kier alpha value is -2.57. The maximum absolute atomic E-state index is 11.8. The van der Waals surface area contributed by atoms with E-state index in [1.807, 2.05) is 6.92 Å². The van der Waals surface area contributed by atoms with Crippen LogP contribution in [0.25, 0.3) is 0 Å². The van der Waals surface area contributed by atoms with Crippen LogP contribution in [0, 0.1) is 0 Å². The molecular weight excluding hydrogens is 377 g/mol. The SMILES string of the molecule is CCOc1ccc(/C=N/NC(=O)C(=O)NCc2ccc(Cl)cc2Cl)cc1. The number of benzene rings is 2. The second-order valence-electron chi connectivity index (χ2n) is 5.12. The van der Waals surface area contributed by atoms with Gasteiger partial charge in [0.15, 0.2) is 0 Å². The molecule has 6 nitrogen and oxygen atoms in total. The van der Waals surface area contributed by atoms with Crippen molar-refractivity contribution in [3.63, 3.8) is 0 Å². The summed E-state index contributed by atoms with van der Waals surface area (Å²) in [6, 6.07) is 12.0. The third-order valence-electron chi connectivity index (χ3n) is 3.23. The molecule has 2 aromatic carbocycles. The highest BCUT2D eigenvalue weighted by Crippen LogP contribution is 2.20. The van der Waals surface area contributed by atoms with Crippen LogP contribution in [0.3, 0.4) is 0 Å². The predicted octanol–water partition coefficient (Wildman–Crippen LogP) is 3.16. The van der Waals surface area contributed by atoms with Gasteiger partial charge in [-0.2, -0.15) is 5.10 Å². The normalized spacial score (nSPS) is 10.6. The van der Waals surface area contributed by atoms with Crippen molar-refractivity contribution in [3.8, 4) is 5.75 Å². The van der Waals surface area contributed by atoms with E-state index in [0.717, 1.165) is 11.3 Å². The predicted molar refractivity (Wildman–Crippen MR) is 102 cm³/mol. The first-order valence-electron chi connectivity index (χ1n) is 7.77. The third-order valence-corrected chi connectivity index (χ3v) is 3.82. The second kappa shape index (κ2) is 9.79. The molecule has 0 aliphatic carbocycles. The maximum Gasteiger partial charge on any atom is 0.329 e. The van der Waals surface area contributed by atoms with Gasteiger partial charge in [0.05, 0.1) is 12.8 Å². The molecule has 0 saturated carbocycles. The van der Waals surface area contributed by atoms with Gasteiger partial charge in [-0.05, 0) is 54.4 Å². The van der Waals surface area contributed by atoms with E-state index in [1.165, 1.54) is 6.21 Å². The zero-order valence-corrected chi connectivity index (χ0v) is 15.5. The molecule has 0 fully saturated rings. The van der Waals surface area contributed by atoms with Crippen molar-refractivity contribution in [1.29, 1.82) is 0 Å². The lowest BCUT2D eigenvalue weighted by molar-refractivity contribution is -0.139. The first-order chi connectivity index (χ1) is 12.5. The van der Waals surface area contributed by atoms with Crippen molar-refractivity contribution >= 4 is 41.2 Å². The van der Waals surface area contributed by atoms with Crippen LogP contribution >= 0.6 is 23.2 Å². The van der Waals surface area contributed by atoms with E-state index in [2.05, 4.69) is 15.8 Å². The first kappa shape index (κ1) is 19.8. The van der Waals surface area contributed by atoms with E-state index in [1.54, 1.807) is 42.5 Å². The van der Waals surface area contributed by atoms with Crippen molar-refractivity contribution in [2.24, 2.45) is 5.10 Å². The average Bonchev–Trinajstić information content (AvgIpc) is 2.62. The molecule has 2 amide bonds. The lowest BCUT2D eigenvalue weighted by Crippen LogP contribution is -2.37. The Morgan fingerprint density at radius 2 is 1.85 bits per heavy atom. The summed E-state index contributed by atoms with van der Waals surface area (Å²) >= 11 is 11.8. The molecule has 0 radical (unpaired) electrons. The largest absolute Gasteiger partial charge is 0.494 e. The number of nitrogens with one attached hydrogen (secondary N) is 2. The molecule has 0 heterocycles. The molecule has 26 heavy (non-hydrogen) atoms. The van der Waals surface area contributed by atoms with Gasteiger partial charge in [0.2, 0.25) is 0 Å². The molecule has 0 unspecified atom stereocenters. The van der Waals surface area contributed by atoms with Crippen LogP contribution < -0.4 is 15.5 Å². The molecule has 0 saturated heterocycles. The number of carbonyl (C=O) groups excluding carboxylic acids is 2. The van der Waals surface area contributed by atoms with Crippen LogP contribution in [0.2, 0.25) is 10.0 Å². The lowest BCUT2D eigenvalue weighted by atomic mass is 10.2. The molecule has 8 heteroatoms. The van der Waals surface area contributed by atoms with E-state index in [4.69, 9.17) is 27.9 Å². The maximum atomic E-state index is 11.8. The van der Waals surface area contributed by atoms with Crippen molar-refractivity contribution in [2.75, 3.05) is 6.61 Å². The molecule has 0 aliphatic heterocycles. The minimum Gasteiger partial charge on any atom is -0.494 e. The first-order valence-corrected chi connectivity index (χ1v) is 8.53. The summed E-state index contributed by atoms with van der Waals surface area (Å²) in [5.41, 5.74) is 3.56. The molecule has 2 N–H and O–H groups in total. The zero-order valence-electron chi connectivity index (χ0n) is 14.0. The Balaban J connectivity index is 1.81. The van der Waals surface area contributed by atoms with Crippen LogP contribution in [0.1, 0.15) is 18.1 Å². The molecule has 0 aliphatic rings. The Morgan fingerprint density at radius 1 is 1.12 bits per heavy atom. The fourth-order valence-electron chi connectivity index (χ4n) is 1.95. The highest BCUT2D eigenvalue weighted by Gasteiger charge is 2.12. The summed E-state index contributed by atoms with van der Waals surface area (Å²) in [4.78, 5) is 23.5. The fourth-order valence-corrected chi connectivity index (χ4v) is 2.43. The summed E-state index contributed by atoms with van der Waals surface area (Å²) < 4.78 is 5.33. The Kier molecular flexibility index (Phi) is 7.44. The molecule has 0 bridgehead atoms. The minimum absolute atomic E-state index is 0.102. The van der Waals surface area contributed by atoms with Gasteiger partial charge in [-0.1, -0.05) is 29.3 Å². The van der Waals surface area contributed by atoms with Crippen molar-refractivity contribution in [2.45, 2.75) is 13.5 Å². The van der Waals surface area contributed by atoms with Gasteiger partial charge in [0, 0.05) is 16.6 Å². The number of nitrogens with zero attached hydrogens (tertiary/aromatic N) is 1. The number of ether oxygens (including phenoxy) is 1. The van der Waals surface area contributed by atoms with Crippen molar-refractivity contribution < 1.29 is 14.3 Å². The van der Waals surface area contributed by atoms with Crippen molar-refractivity contribution in [1.82, 2.24) is 10.7 Å². The second-order valence-corrected chi connectivity index (χ2v) is 5.96. The summed E-state index contributed by atoms with van der Waals surface area (Å²) in [5, 5.41) is 7.11. The van der Waals surface area contributed by atoms with Crippen molar-refractivity contribution in [3.05, 3.63) is 63.6 Å². The monoisotopic (exact) mass is 393 g/mol. The molecule has 2 rings (SSSR count). The van der Waals surface area contributed by atoms with E-state index < -0.39 is 11.8 Å². The van der Waals surface area contributed by atoms with Gasteiger partial charge < -0.3 is 10.1 Å². The quantitative estimate of drug-likeness (QED) is 0.449. The van der Waals surface area contributed by atoms with Gasteiger partial charge in [0.1, 0.15) is 5.75 Å². The molecule has 2 aromatic rings. The topological polar surface area (TPSA) is 79.8 Å². The molecule has 0 atom stereocenters. The van der Waals surface area contributed by atoms with E-state index in [-0.39, 0.29) is 6.54 Å². The smallest absolute Gasteiger partial charge is 0.329 e. The molecule has 0 spiro atoms. The van der Waals surface area contributed by atoms with Crippen LogP contribution in [0.4, 0.5) is 0 Å². The van der Waals surface area contributed by atoms with Gasteiger partial charge >= 0.3 is 11.8 Å². The summed E-state index contributed by atoms with van der Waals surface area (Å²) in [6.07, 6.45) is 1.43. The standard InChI is InChI=1S/C18H17Cl2N3O3/c1-2-26-15-7-3-12(4-8-15)10-22-23-18(25)17(24)21-11-13-5-6-14(19)9-16(13)20/h3-10H,2,11H2,1H3,(H,21,24)(H,23,25)/b22-10+. The highest BCUT2D eigenvalue weighted by molar-refractivity contribution is 6.36. The van der Waals surface area contributed by atoms with Gasteiger partial charge in [-0.25, -0.2) is 5.43 Å². The van der Waals surface area contributed by atoms with E-state index >= 15 is 0 Å². The summed E-state index contributed by atoms with van der Waals surface area (Å²) in [7, 11) is 0. The molecular formula is C18H17Cl2N3O3.